The lowest BCUT2D eigenvalue weighted by molar-refractivity contribution is -0.0284. The smallest absolute Gasteiger partial charge is 0.191 e. The highest BCUT2D eigenvalue weighted by Crippen LogP contribution is 2.10. The summed E-state index contributed by atoms with van der Waals surface area (Å²) < 4.78 is 5.91. The minimum atomic E-state index is 0.251. The molecule has 2 heterocycles. The fourth-order valence-electron chi connectivity index (χ4n) is 4.04. The maximum absolute atomic E-state index is 5.91. The van der Waals surface area contributed by atoms with Crippen LogP contribution < -0.4 is 10.6 Å². The van der Waals surface area contributed by atoms with Gasteiger partial charge in [-0.25, -0.2) is 0 Å². The first-order valence-electron chi connectivity index (χ1n) is 11.2. The lowest BCUT2D eigenvalue weighted by atomic mass is 10.1. The largest absolute Gasteiger partial charge is 0.374 e. The number of rotatable bonds is 10. The van der Waals surface area contributed by atoms with Gasteiger partial charge in [0.1, 0.15) is 0 Å². The van der Waals surface area contributed by atoms with Crippen molar-refractivity contribution in [2.24, 2.45) is 10.9 Å². The van der Waals surface area contributed by atoms with Crippen LogP contribution in [0.1, 0.15) is 52.4 Å². The van der Waals surface area contributed by atoms with Crippen molar-refractivity contribution in [3.8, 4) is 0 Å². The zero-order valence-corrected chi connectivity index (χ0v) is 18.0. The van der Waals surface area contributed by atoms with Crippen molar-refractivity contribution in [3.63, 3.8) is 0 Å². The molecule has 2 aliphatic heterocycles. The van der Waals surface area contributed by atoms with Crippen LogP contribution in [0.15, 0.2) is 4.99 Å². The zero-order chi connectivity index (χ0) is 19.3. The molecule has 0 radical (unpaired) electrons. The Kier molecular flexibility index (Phi) is 11.1. The van der Waals surface area contributed by atoms with E-state index in [1.165, 1.54) is 58.2 Å². The van der Waals surface area contributed by atoms with Gasteiger partial charge in [-0.05, 0) is 51.2 Å². The SMILES string of the molecule is CN=C(NCCCCCN1CCCCC1)NCC1CN(CC(C)C)CCO1. The molecule has 0 amide bonds. The number of hydrogen-bond donors (Lipinski definition) is 2. The van der Waals surface area contributed by atoms with Crippen LogP contribution in [0.5, 0.6) is 0 Å². The highest BCUT2D eigenvalue weighted by atomic mass is 16.5. The predicted molar refractivity (Wildman–Crippen MR) is 115 cm³/mol. The predicted octanol–water partition coefficient (Wildman–Crippen LogP) is 2.16. The third-order valence-corrected chi connectivity index (χ3v) is 5.46. The Morgan fingerprint density at radius 2 is 1.85 bits per heavy atom. The number of aliphatic imine (C=N–C) groups is 1. The molecule has 2 saturated heterocycles. The van der Waals surface area contributed by atoms with Gasteiger partial charge in [0.25, 0.3) is 0 Å². The van der Waals surface area contributed by atoms with Gasteiger partial charge in [-0.1, -0.05) is 26.7 Å². The molecule has 2 aliphatic rings. The molecule has 2 N–H and O–H groups in total. The minimum Gasteiger partial charge on any atom is -0.374 e. The zero-order valence-electron chi connectivity index (χ0n) is 18.0. The van der Waals surface area contributed by atoms with E-state index in [4.69, 9.17) is 4.74 Å². The summed E-state index contributed by atoms with van der Waals surface area (Å²) in [4.78, 5) is 9.49. The Bertz CT molecular complexity index is 409. The molecule has 0 aromatic heterocycles. The van der Waals surface area contributed by atoms with Gasteiger partial charge in [0.15, 0.2) is 5.96 Å². The Hall–Kier alpha value is -0.850. The van der Waals surface area contributed by atoms with Gasteiger partial charge in [-0.3, -0.25) is 9.89 Å². The number of nitrogens with one attached hydrogen (secondary N) is 2. The van der Waals surface area contributed by atoms with E-state index < -0.39 is 0 Å². The Labute approximate surface area is 167 Å². The molecular formula is C21H43N5O. The number of morpholine rings is 1. The van der Waals surface area contributed by atoms with Crippen LogP contribution in [0.4, 0.5) is 0 Å². The van der Waals surface area contributed by atoms with Gasteiger partial charge in [0, 0.05) is 39.8 Å². The van der Waals surface area contributed by atoms with Crippen molar-refractivity contribution in [3.05, 3.63) is 0 Å². The number of ether oxygens (including phenoxy) is 1. The number of nitrogens with zero attached hydrogens (tertiary/aromatic N) is 3. The van der Waals surface area contributed by atoms with Crippen molar-refractivity contribution in [1.82, 2.24) is 20.4 Å². The van der Waals surface area contributed by atoms with Crippen molar-refractivity contribution < 1.29 is 4.74 Å². The summed E-state index contributed by atoms with van der Waals surface area (Å²) in [6, 6.07) is 0. The van der Waals surface area contributed by atoms with Crippen molar-refractivity contribution in [2.75, 3.05) is 66.0 Å². The second kappa shape index (κ2) is 13.3. The highest BCUT2D eigenvalue weighted by Gasteiger charge is 2.21. The van der Waals surface area contributed by atoms with Crippen LogP contribution in [0.2, 0.25) is 0 Å². The lowest BCUT2D eigenvalue weighted by Crippen LogP contribution is -2.50. The van der Waals surface area contributed by atoms with Gasteiger partial charge >= 0.3 is 0 Å². The van der Waals surface area contributed by atoms with E-state index >= 15 is 0 Å². The molecule has 0 aromatic rings. The third-order valence-electron chi connectivity index (χ3n) is 5.46. The molecule has 1 unspecified atom stereocenters. The monoisotopic (exact) mass is 381 g/mol. The second-order valence-electron chi connectivity index (χ2n) is 8.49. The second-order valence-corrected chi connectivity index (χ2v) is 8.49. The first-order chi connectivity index (χ1) is 13.2. The van der Waals surface area contributed by atoms with Gasteiger partial charge in [-0.2, -0.15) is 0 Å². The summed E-state index contributed by atoms with van der Waals surface area (Å²) in [6.07, 6.45) is 8.27. The molecule has 0 aromatic carbocycles. The maximum atomic E-state index is 5.91. The summed E-state index contributed by atoms with van der Waals surface area (Å²) in [6.45, 7) is 14.3. The van der Waals surface area contributed by atoms with E-state index in [-0.39, 0.29) is 6.10 Å². The molecule has 2 fully saturated rings. The number of guanidine groups is 1. The summed E-state index contributed by atoms with van der Waals surface area (Å²) in [5.74, 6) is 1.61. The number of likely N-dealkylation sites (tertiary alicyclic amines) is 1. The first kappa shape index (κ1) is 22.4. The average Bonchev–Trinajstić information content (AvgIpc) is 2.67. The van der Waals surface area contributed by atoms with Crippen LogP contribution in [-0.2, 0) is 4.74 Å². The molecule has 6 heteroatoms. The molecule has 0 saturated carbocycles. The molecule has 6 nitrogen and oxygen atoms in total. The lowest BCUT2D eigenvalue weighted by Gasteiger charge is -2.34. The summed E-state index contributed by atoms with van der Waals surface area (Å²) in [5.41, 5.74) is 0. The van der Waals surface area contributed by atoms with E-state index in [9.17, 15) is 0 Å². The quantitative estimate of drug-likeness (QED) is 0.345. The number of piperidine rings is 1. The third kappa shape index (κ3) is 9.77. The van der Waals surface area contributed by atoms with Crippen LogP contribution >= 0.6 is 0 Å². The fraction of sp³-hybridized carbons (Fsp3) is 0.952. The molecule has 0 aliphatic carbocycles. The average molecular weight is 382 g/mol. The normalized spacial score (nSPS) is 23.0. The van der Waals surface area contributed by atoms with Crippen LogP contribution in [0.3, 0.4) is 0 Å². The highest BCUT2D eigenvalue weighted by molar-refractivity contribution is 5.79. The van der Waals surface area contributed by atoms with Crippen molar-refractivity contribution >= 4 is 5.96 Å². The molecule has 27 heavy (non-hydrogen) atoms. The van der Waals surface area contributed by atoms with Gasteiger partial charge < -0.3 is 20.3 Å². The Morgan fingerprint density at radius 3 is 2.59 bits per heavy atom. The molecule has 1 atom stereocenters. The summed E-state index contributed by atoms with van der Waals surface area (Å²) in [5, 5.41) is 6.88. The van der Waals surface area contributed by atoms with Gasteiger partial charge in [-0.15, -0.1) is 0 Å². The Balaban J connectivity index is 1.51. The topological polar surface area (TPSA) is 52.1 Å². The van der Waals surface area contributed by atoms with Crippen molar-refractivity contribution in [2.45, 2.75) is 58.5 Å². The van der Waals surface area contributed by atoms with Crippen LogP contribution in [0.25, 0.3) is 0 Å². The molecule has 0 bridgehead atoms. The molecule has 0 spiro atoms. The van der Waals surface area contributed by atoms with E-state index in [1.807, 2.05) is 7.05 Å². The Morgan fingerprint density at radius 1 is 1.04 bits per heavy atom. The first-order valence-corrected chi connectivity index (χ1v) is 11.2. The summed E-state index contributed by atoms with van der Waals surface area (Å²) >= 11 is 0. The van der Waals surface area contributed by atoms with Gasteiger partial charge in [0.05, 0.1) is 12.7 Å². The van der Waals surface area contributed by atoms with E-state index in [0.717, 1.165) is 45.3 Å². The number of hydrogen-bond acceptors (Lipinski definition) is 4. The van der Waals surface area contributed by atoms with Crippen LogP contribution in [0, 0.1) is 5.92 Å². The van der Waals surface area contributed by atoms with E-state index in [1.54, 1.807) is 0 Å². The fourth-order valence-corrected chi connectivity index (χ4v) is 4.04. The summed E-state index contributed by atoms with van der Waals surface area (Å²) in [7, 11) is 1.85. The number of unbranched alkanes of at least 4 members (excludes halogenated alkanes) is 2. The van der Waals surface area contributed by atoms with E-state index in [2.05, 4.69) is 39.3 Å². The molecular weight excluding hydrogens is 338 g/mol. The molecule has 158 valence electrons. The van der Waals surface area contributed by atoms with Gasteiger partial charge in [0.2, 0.25) is 0 Å². The van der Waals surface area contributed by atoms with Crippen LogP contribution in [-0.4, -0.2) is 87.9 Å². The maximum Gasteiger partial charge on any atom is 0.191 e. The van der Waals surface area contributed by atoms with Crippen molar-refractivity contribution in [1.29, 1.82) is 0 Å². The standard InChI is InChI=1S/C21H43N5O/c1-19(2)17-26-14-15-27-20(18-26)16-24-21(22-3)23-10-6-4-7-11-25-12-8-5-9-13-25/h19-20H,4-18H2,1-3H3,(H2,22,23,24). The van der Waals surface area contributed by atoms with E-state index in [0.29, 0.717) is 5.92 Å². The molecule has 2 rings (SSSR count). The minimum absolute atomic E-state index is 0.251.